The summed E-state index contributed by atoms with van der Waals surface area (Å²) in [6.07, 6.45) is 5.20. The van der Waals surface area contributed by atoms with Crippen molar-refractivity contribution >= 4 is 0 Å². The van der Waals surface area contributed by atoms with Crippen LogP contribution in [0, 0.1) is 0 Å². The zero-order valence-electron chi connectivity index (χ0n) is 5.01. The minimum atomic E-state index is 0.785. The first-order valence-electron chi connectivity index (χ1n) is 2.47. The average Bonchev–Trinajstić information content (AvgIpc) is 1.83. The minimum absolute atomic E-state index is 0.785. The van der Waals surface area contributed by atoms with Crippen LogP contribution in [0.3, 0.4) is 0 Å². The lowest BCUT2D eigenvalue weighted by atomic mass is 10.5. The van der Waals surface area contributed by atoms with Crippen molar-refractivity contribution in [3.8, 4) is 0 Å². The van der Waals surface area contributed by atoms with Crippen molar-refractivity contribution in [3.05, 3.63) is 38.2 Å². The van der Waals surface area contributed by atoms with E-state index in [9.17, 15) is 0 Å². The van der Waals surface area contributed by atoms with Crippen LogP contribution in [0.25, 0.3) is 0 Å². The molecule has 44 valence electrons. The fourth-order valence-electron chi connectivity index (χ4n) is 0.373. The van der Waals surface area contributed by atoms with Crippen LogP contribution in [-0.4, -0.2) is 11.4 Å². The summed E-state index contributed by atoms with van der Waals surface area (Å²) in [6.45, 7) is 11.5. The van der Waals surface area contributed by atoms with Crippen LogP contribution in [0.2, 0.25) is 0 Å². The van der Waals surface area contributed by atoms with E-state index in [1.165, 1.54) is 0 Å². The number of rotatable bonds is 4. The number of hydrogen-bond donors (Lipinski definition) is 0. The maximum atomic E-state index is 3.56. The standard InChI is InChI=1S/C7H11N/c1-4-7-8(5-2)6-3/h4-6H,1-3,7H2. The molecule has 0 aliphatic heterocycles. The summed E-state index contributed by atoms with van der Waals surface area (Å²) in [6, 6.07) is 0. The highest BCUT2D eigenvalue weighted by Gasteiger charge is 1.81. The van der Waals surface area contributed by atoms with Crippen molar-refractivity contribution in [2.24, 2.45) is 0 Å². The third kappa shape index (κ3) is 2.24. The smallest absolute Gasteiger partial charge is 0.0397 e. The minimum Gasteiger partial charge on any atom is -0.352 e. The molecule has 0 atom stereocenters. The fraction of sp³-hybridized carbons (Fsp3) is 0.143. The van der Waals surface area contributed by atoms with E-state index in [1.54, 1.807) is 18.5 Å². The van der Waals surface area contributed by atoms with E-state index in [0.717, 1.165) is 6.54 Å². The molecule has 0 aromatic rings. The molecule has 0 spiro atoms. The molecule has 1 nitrogen and oxygen atoms in total. The van der Waals surface area contributed by atoms with E-state index in [2.05, 4.69) is 19.7 Å². The van der Waals surface area contributed by atoms with Gasteiger partial charge in [0.05, 0.1) is 0 Å². The molecule has 0 rings (SSSR count). The van der Waals surface area contributed by atoms with Crippen LogP contribution in [0.4, 0.5) is 0 Å². The number of hydrogen-bond acceptors (Lipinski definition) is 1. The van der Waals surface area contributed by atoms with Gasteiger partial charge in [-0.15, -0.1) is 6.58 Å². The zero-order valence-corrected chi connectivity index (χ0v) is 5.01. The Labute approximate surface area is 50.6 Å². The van der Waals surface area contributed by atoms with Gasteiger partial charge in [-0.25, -0.2) is 0 Å². The van der Waals surface area contributed by atoms with Crippen molar-refractivity contribution in [2.45, 2.75) is 0 Å². The summed E-state index contributed by atoms with van der Waals surface area (Å²) < 4.78 is 0. The van der Waals surface area contributed by atoms with Gasteiger partial charge < -0.3 is 4.90 Å². The molecule has 0 N–H and O–H groups in total. The average molecular weight is 109 g/mol. The Morgan fingerprint density at radius 1 is 1.12 bits per heavy atom. The Morgan fingerprint density at radius 3 is 1.75 bits per heavy atom. The molecule has 0 bridgehead atoms. The maximum Gasteiger partial charge on any atom is 0.0397 e. The zero-order chi connectivity index (χ0) is 6.41. The van der Waals surface area contributed by atoms with Gasteiger partial charge >= 0.3 is 0 Å². The van der Waals surface area contributed by atoms with Crippen LogP contribution in [0.5, 0.6) is 0 Å². The monoisotopic (exact) mass is 109 g/mol. The van der Waals surface area contributed by atoms with Gasteiger partial charge in [0, 0.05) is 6.54 Å². The molecule has 0 aromatic heterocycles. The molecular formula is C7H11N. The highest BCUT2D eigenvalue weighted by molar-refractivity contribution is 4.86. The molecule has 0 amide bonds. The first-order valence-corrected chi connectivity index (χ1v) is 2.47. The molecule has 0 aliphatic carbocycles. The SMILES string of the molecule is C=CCN(C=C)C=C. The van der Waals surface area contributed by atoms with Crippen LogP contribution >= 0.6 is 0 Å². The van der Waals surface area contributed by atoms with Crippen LogP contribution in [-0.2, 0) is 0 Å². The van der Waals surface area contributed by atoms with Crippen molar-refractivity contribution in [1.82, 2.24) is 4.90 Å². The van der Waals surface area contributed by atoms with Gasteiger partial charge in [0.2, 0.25) is 0 Å². The Morgan fingerprint density at radius 2 is 1.62 bits per heavy atom. The van der Waals surface area contributed by atoms with E-state index in [1.807, 2.05) is 4.90 Å². The molecule has 8 heavy (non-hydrogen) atoms. The summed E-state index contributed by atoms with van der Waals surface area (Å²) in [5, 5.41) is 0. The van der Waals surface area contributed by atoms with Crippen LogP contribution in [0.1, 0.15) is 0 Å². The normalized spacial score (nSPS) is 7.50. The molecule has 0 aliphatic rings. The third-order valence-corrected chi connectivity index (χ3v) is 0.809. The molecule has 0 unspecified atom stereocenters. The Bertz CT molecular complexity index is 86.6. The third-order valence-electron chi connectivity index (χ3n) is 0.809. The summed E-state index contributed by atoms with van der Waals surface area (Å²) in [7, 11) is 0. The lowest BCUT2D eigenvalue weighted by Crippen LogP contribution is -2.06. The predicted octanol–water partition coefficient (Wildman–Crippen LogP) is 1.76. The van der Waals surface area contributed by atoms with E-state index in [0.29, 0.717) is 0 Å². The Hall–Kier alpha value is -0.980. The second kappa shape index (κ2) is 4.19. The molecule has 0 aromatic carbocycles. The van der Waals surface area contributed by atoms with Crippen molar-refractivity contribution in [1.29, 1.82) is 0 Å². The lowest BCUT2D eigenvalue weighted by molar-refractivity contribution is 0.570. The molecular weight excluding hydrogens is 98.1 g/mol. The van der Waals surface area contributed by atoms with Gasteiger partial charge in [0.15, 0.2) is 0 Å². The van der Waals surface area contributed by atoms with Crippen LogP contribution < -0.4 is 0 Å². The maximum absolute atomic E-state index is 3.56. The van der Waals surface area contributed by atoms with E-state index >= 15 is 0 Å². The van der Waals surface area contributed by atoms with Crippen molar-refractivity contribution < 1.29 is 0 Å². The van der Waals surface area contributed by atoms with Gasteiger partial charge in [0.25, 0.3) is 0 Å². The first kappa shape index (κ1) is 7.02. The van der Waals surface area contributed by atoms with Crippen molar-refractivity contribution in [3.63, 3.8) is 0 Å². The quantitative estimate of drug-likeness (QED) is 0.497. The molecule has 0 heterocycles. The largest absolute Gasteiger partial charge is 0.352 e. The highest BCUT2D eigenvalue weighted by Crippen LogP contribution is 1.86. The van der Waals surface area contributed by atoms with E-state index < -0.39 is 0 Å². The summed E-state index contributed by atoms with van der Waals surface area (Å²) in [4.78, 5) is 1.84. The molecule has 1 heteroatoms. The van der Waals surface area contributed by atoms with Gasteiger partial charge in [0.1, 0.15) is 0 Å². The van der Waals surface area contributed by atoms with Gasteiger partial charge in [-0.1, -0.05) is 19.2 Å². The first-order chi connectivity index (χ1) is 3.85. The van der Waals surface area contributed by atoms with Gasteiger partial charge in [-0.2, -0.15) is 0 Å². The summed E-state index contributed by atoms with van der Waals surface area (Å²) in [5.41, 5.74) is 0. The topological polar surface area (TPSA) is 3.24 Å². The van der Waals surface area contributed by atoms with Crippen molar-refractivity contribution in [2.75, 3.05) is 6.54 Å². The lowest BCUT2D eigenvalue weighted by Gasteiger charge is -2.08. The fourth-order valence-corrected chi connectivity index (χ4v) is 0.373. The molecule has 0 saturated heterocycles. The van der Waals surface area contributed by atoms with Crippen LogP contribution in [0.15, 0.2) is 38.2 Å². The highest BCUT2D eigenvalue weighted by atomic mass is 15.1. The second-order valence-corrected chi connectivity index (χ2v) is 1.35. The molecule has 0 radical (unpaired) electrons. The summed E-state index contributed by atoms with van der Waals surface area (Å²) in [5.74, 6) is 0. The van der Waals surface area contributed by atoms with E-state index in [-0.39, 0.29) is 0 Å². The molecule has 0 fully saturated rings. The number of nitrogens with zero attached hydrogens (tertiary/aromatic N) is 1. The van der Waals surface area contributed by atoms with Gasteiger partial charge in [-0.05, 0) is 12.4 Å². The Balaban J connectivity index is 3.50. The predicted molar refractivity (Wildman–Crippen MR) is 37.3 cm³/mol. The Kier molecular flexibility index (Phi) is 3.67. The molecule has 0 saturated carbocycles. The van der Waals surface area contributed by atoms with Gasteiger partial charge in [-0.3, -0.25) is 0 Å². The summed E-state index contributed by atoms with van der Waals surface area (Å²) >= 11 is 0. The second-order valence-electron chi connectivity index (χ2n) is 1.35. The van der Waals surface area contributed by atoms with E-state index in [4.69, 9.17) is 0 Å².